The van der Waals surface area contributed by atoms with Crippen molar-refractivity contribution in [2.75, 3.05) is 42.1 Å². The van der Waals surface area contributed by atoms with Gasteiger partial charge in [-0.05, 0) is 57.2 Å². The highest BCUT2D eigenvalue weighted by Gasteiger charge is 2.26. The van der Waals surface area contributed by atoms with E-state index in [1.165, 1.54) is 0 Å². The number of benzene rings is 2. The van der Waals surface area contributed by atoms with Gasteiger partial charge in [0.05, 0.1) is 15.6 Å². The summed E-state index contributed by atoms with van der Waals surface area (Å²) in [5.41, 5.74) is 7.58. The van der Waals surface area contributed by atoms with Gasteiger partial charge in [0.25, 0.3) is 0 Å². The standard InChI is InChI=1S/C25H27Cl2N5O3S/c1-25(2,3)35-24(34)32-13-11-31(12-14-32)16-9-7-15(8-10-16)29-23-30-22(28)21(36-23)20(33)19-17(26)5-4-6-18(19)27/h4-10H,11-14,28H2,1-3H3,(H,29,30). The first-order chi connectivity index (χ1) is 17.0. The zero-order valence-corrected chi connectivity index (χ0v) is 22.5. The van der Waals surface area contributed by atoms with Gasteiger partial charge in [0, 0.05) is 37.6 Å². The van der Waals surface area contributed by atoms with Crippen molar-refractivity contribution < 1.29 is 14.3 Å². The first-order valence-electron chi connectivity index (χ1n) is 11.4. The fourth-order valence-electron chi connectivity index (χ4n) is 3.73. The Kier molecular flexibility index (Phi) is 7.63. The SMILES string of the molecule is CC(C)(C)OC(=O)N1CCN(c2ccc(Nc3nc(N)c(C(=O)c4c(Cl)cccc4Cl)s3)cc2)CC1. The normalized spacial score (nSPS) is 14.0. The zero-order valence-electron chi connectivity index (χ0n) is 20.2. The molecule has 0 atom stereocenters. The minimum Gasteiger partial charge on any atom is -0.444 e. The van der Waals surface area contributed by atoms with Crippen molar-refractivity contribution in [2.45, 2.75) is 26.4 Å². The number of nitrogens with one attached hydrogen (secondary N) is 1. The number of nitrogens with two attached hydrogens (primary N) is 1. The Balaban J connectivity index is 1.38. The predicted octanol–water partition coefficient (Wildman–Crippen LogP) is 6.06. The third kappa shape index (κ3) is 6.03. The molecule has 8 nitrogen and oxygen atoms in total. The van der Waals surface area contributed by atoms with Gasteiger partial charge in [-0.15, -0.1) is 0 Å². The third-order valence-corrected chi connectivity index (χ3v) is 7.08. The molecule has 0 spiro atoms. The second-order valence-corrected chi connectivity index (χ2v) is 11.1. The number of anilines is 4. The van der Waals surface area contributed by atoms with Crippen molar-refractivity contribution >= 4 is 68.7 Å². The van der Waals surface area contributed by atoms with Crippen molar-refractivity contribution in [1.82, 2.24) is 9.88 Å². The molecule has 0 radical (unpaired) electrons. The first-order valence-corrected chi connectivity index (χ1v) is 12.9. The van der Waals surface area contributed by atoms with Crippen LogP contribution in [0.1, 0.15) is 36.0 Å². The molecule has 1 aliphatic heterocycles. The molecule has 3 N–H and O–H groups in total. The summed E-state index contributed by atoms with van der Waals surface area (Å²) >= 11 is 13.5. The number of thiazole rings is 1. The maximum absolute atomic E-state index is 13.0. The van der Waals surface area contributed by atoms with Crippen molar-refractivity contribution in [1.29, 1.82) is 0 Å². The van der Waals surface area contributed by atoms with Crippen molar-refractivity contribution in [2.24, 2.45) is 0 Å². The van der Waals surface area contributed by atoms with E-state index < -0.39 is 5.60 Å². The minimum atomic E-state index is -0.505. The van der Waals surface area contributed by atoms with E-state index in [0.29, 0.717) is 31.3 Å². The Hall–Kier alpha value is -3.01. The van der Waals surface area contributed by atoms with E-state index in [0.717, 1.165) is 22.7 Å². The number of carbonyl (C=O) groups is 2. The number of nitrogen functional groups attached to an aromatic ring is 1. The summed E-state index contributed by atoms with van der Waals surface area (Å²) in [6.07, 6.45) is -0.279. The molecule has 1 saturated heterocycles. The molecule has 2 aromatic carbocycles. The number of ether oxygens (including phenoxy) is 1. The van der Waals surface area contributed by atoms with E-state index in [4.69, 9.17) is 33.7 Å². The van der Waals surface area contributed by atoms with Crippen molar-refractivity contribution in [3.05, 3.63) is 63.0 Å². The number of aromatic nitrogens is 1. The van der Waals surface area contributed by atoms with Crippen molar-refractivity contribution in [3.8, 4) is 0 Å². The van der Waals surface area contributed by atoms with Gasteiger partial charge in [-0.25, -0.2) is 9.78 Å². The fraction of sp³-hybridized carbons (Fsp3) is 0.320. The average Bonchev–Trinajstić information content (AvgIpc) is 3.18. The third-order valence-electron chi connectivity index (χ3n) is 5.46. The summed E-state index contributed by atoms with van der Waals surface area (Å²) in [6, 6.07) is 12.7. The second kappa shape index (κ2) is 10.5. The zero-order chi connectivity index (χ0) is 26.0. The Bertz CT molecular complexity index is 1250. The number of amides is 1. The number of hydrogen-bond acceptors (Lipinski definition) is 8. The lowest BCUT2D eigenvalue weighted by molar-refractivity contribution is 0.0240. The van der Waals surface area contributed by atoms with Gasteiger partial charge in [-0.3, -0.25) is 4.79 Å². The van der Waals surface area contributed by atoms with Gasteiger partial charge in [-0.1, -0.05) is 40.6 Å². The van der Waals surface area contributed by atoms with Crippen LogP contribution in [0.2, 0.25) is 10.0 Å². The van der Waals surface area contributed by atoms with Crippen LogP contribution in [-0.4, -0.2) is 53.5 Å². The van der Waals surface area contributed by atoms with Crippen LogP contribution in [0.3, 0.4) is 0 Å². The number of ketones is 1. The summed E-state index contributed by atoms with van der Waals surface area (Å²) in [5, 5.41) is 4.20. The van der Waals surface area contributed by atoms with Crippen LogP contribution in [0, 0.1) is 0 Å². The summed E-state index contributed by atoms with van der Waals surface area (Å²) in [5.74, 6) is -0.252. The Morgan fingerprint density at radius 3 is 2.22 bits per heavy atom. The summed E-state index contributed by atoms with van der Waals surface area (Å²) < 4.78 is 5.46. The van der Waals surface area contributed by atoms with E-state index in [-0.39, 0.29) is 38.2 Å². The predicted molar refractivity (Wildman–Crippen MR) is 146 cm³/mol. The number of rotatable bonds is 5. The summed E-state index contributed by atoms with van der Waals surface area (Å²) in [4.78, 5) is 33.8. The second-order valence-electron chi connectivity index (χ2n) is 9.29. The Morgan fingerprint density at radius 2 is 1.64 bits per heavy atom. The van der Waals surface area contributed by atoms with Crippen LogP contribution >= 0.6 is 34.5 Å². The molecular weight excluding hydrogens is 521 g/mol. The lowest BCUT2D eigenvalue weighted by Crippen LogP contribution is -2.50. The van der Waals surface area contributed by atoms with E-state index in [1.807, 2.05) is 45.0 Å². The van der Waals surface area contributed by atoms with Gasteiger partial charge < -0.3 is 25.6 Å². The maximum Gasteiger partial charge on any atom is 0.410 e. The van der Waals surface area contributed by atoms with Crippen LogP contribution in [-0.2, 0) is 4.74 Å². The van der Waals surface area contributed by atoms with Crippen LogP contribution in [0.15, 0.2) is 42.5 Å². The van der Waals surface area contributed by atoms with Crippen molar-refractivity contribution in [3.63, 3.8) is 0 Å². The van der Waals surface area contributed by atoms with E-state index in [9.17, 15) is 9.59 Å². The van der Waals surface area contributed by atoms with Gasteiger partial charge in [0.2, 0.25) is 5.78 Å². The molecule has 11 heteroatoms. The number of piperazine rings is 1. The lowest BCUT2D eigenvalue weighted by atomic mass is 10.1. The molecule has 190 valence electrons. The Labute approximate surface area is 224 Å². The molecule has 0 saturated carbocycles. The maximum atomic E-state index is 13.0. The molecule has 2 heterocycles. The van der Waals surface area contributed by atoms with Crippen LogP contribution in [0.25, 0.3) is 0 Å². The van der Waals surface area contributed by atoms with Gasteiger partial charge in [-0.2, -0.15) is 0 Å². The van der Waals surface area contributed by atoms with E-state index in [1.54, 1.807) is 23.1 Å². The topological polar surface area (TPSA) is 101 Å². The molecule has 0 bridgehead atoms. The van der Waals surface area contributed by atoms with Gasteiger partial charge in [0.1, 0.15) is 16.3 Å². The molecule has 1 amide bonds. The summed E-state index contributed by atoms with van der Waals surface area (Å²) in [6.45, 7) is 8.22. The first kappa shape index (κ1) is 26.1. The Morgan fingerprint density at radius 1 is 1.03 bits per heavy atom. The fourth-order valence-corrected chi connectivity index (χ4v) is 5.15. The summed E-state index contributed by atoms with van der Waals surface area (Å²) in [7, 11) is 0. The number of nitrogens with zero attached hydrogens (tertiary/aromatic N) is 3. The highest BCUT2D eigenvalue weighted by atomic mass is 35.5. The molecule has 0 unspecified atom stereocenters. The van der Waals surface area contributed by atoms with Crippen LogP contribution < -0.4 is 16.0 Å². The number of halogens is 2. The number of hydrogen-bond donors (Lipinski definition) is 2. The smallest absolute Gasteiger partial charge is 0.410 e. The number of carbonyl (C=O) groups excluding carboxylic acids is 2. The molecule has 1 aromatic heterocycles. The lowest BCUT2D eigenvalue weighted by Gasteiger charge is -2.36. The molecule has 4 rings (SSSR count). The minimum absolute atomic E-state index is 0.114. The average molecular weight is 548 g/mol. The van der Waals surface area contributed by atoms with Crippen LogP contribution in [0.4, 0.5) is 27.1 Å². The highest BCUT2D eigenvalue weighted by molar-refractivity contribution is 7.18. The largest absolute Gasteiger partial charge is 0.444 e. The van der Waals surface area contributed by atoms with Gasteiger partial charge in [0.15, 0.2) is 5.13 Å². The quantitative estimate of drug-likeness (QED) is 0.374. The van der Waals surface area contributed by atoms with E-state index in [2.05, 4.69) is 15.2 Å². The highest BCUT2D eigenvalue weighted by Crippen LogP contribution is 2.34. The molecule has 0 aliphatic carbocycles. The van der Waals surface area contributed by atoms with Crippen LogP contribution in [0.5, 0.6) is 0 Å². The monoisotopic (exact) mass is 547 g/mol. The molecule has 1 fully saturated rings. The molecule has 3 aromatic rings. The van der Waals surface area contributed by atoms with E-state index >= 15 is 0 Å². The molecular formula is C25H27Cl2N5O3S. The van der Waals surface area contributed by atoms with Gasteiger partial charge >= 0.3 is 6.09 Å². The molecule has 36 heavy (non-hydrogen) atoms. The molecule has 1 aliphatic rings.